The van der Waals surface area contributed by atoms with E-state index in [1.54, 1.807) is 0 Å². The van der Waals surface area contributed by atoms with Gasteiger partial charge >= 0.3 is 0 Å². The standard InChI is InChI=1S/C24H29NO3/c1-27-22-14-19-13-20(24(26)21(19)15-23(22)28-2)12-17-8-10-25(11-9-17)16-18-6-4-3-5-7-18/h3-7,14-15,17,20H,8-13,16H2,1-2H3/i1D3,2D3,12D2,13D2,14D,15D,20D. The first-order valence-electron chi connectivity index (χ1n) is 15.6. The second kappa shape index (κ2) is 8.36. The number of benzene rings is 2. The summed E-state index contributed by atoms with van der Waals surface area (Å²) in [6.07, 6.45) is -5.63. The van der Waals surface area contributed by atoms with Crippen molar-refractivity contribution < 1.29 is 32.1 Å². The summed E-state index contributed by atoms with van der Waals surface area (Å²) in [6, 6.07) is 7.41. The third-order valence-electron chi connectivity index (χ3n) is 5.03. The Bertz CT molecular complexity index is 1320. The number of rotatable bonds is 6. The number of ether oxygens (including phenoxy) is 2. The Morgan fingerprint density at radius 3 is 2.64 bits per heavy atom. The Morgan fingerprint density at radius 1 is 1.21 bits per heavy atom. The maximum atomic E-state index is 13.8. The van der Waals surface area contributed by atoms with Crippen molar-refractivity contribution in [2.75, 3.05) is 27.2 Å². The highest BCUT2D eigenvalue weighted by Crippen LogP contribution is 2.39. The van der Waals surface area contributed by atoms with E-state index >= 15 is 0 Å². The number of carbonyl (C=O) groups is 1. The summed E-state index contributed by atoms with van der Waals surface area (Å²) in [5.41, 5.74) is -0.762. The molecule has 1 saturated heterocycles. The molecule has 0 bridgehead atoms. The van der Waals surface area contributed by atoms with Gasteiger partial charge in [-0.2, -0.15) is 0 Å². The summed E-state index contributed by atoms with van der Waals surface area (Å²) in [7, 11) is -6.55. The van der Waals surface area contributed by atoms with Gasteiger partial charge in [-0.25, -0.2) is 0 Å². The molecule has 0 aromatic heterocycles. The molecule has 2 aromatic rings. The maximum absolute atomic E-state index is 13.8. The quantitative estimate of drug-likeness (QED) is 0.732. The molecule has 0 spiro atoms. The fourth-order valence-corrected chi connectivity index (χ4v) is 3.56. The first-order valence-corrected chi connectivity index (χ1v) is 9.09. The highest BCUT2D eigenvalue weighted by atomic mass is 16.5. The van der Waals surface area contributed by atoms with Crippen molar-refractivity contribution in [2.45, 2.75) is 32.1 Å². The lowest BCUT2D eigenvalue weighted by Crippen LogP contribution is -2.34. The van der Waals surface area contributed by atoms with Crippen LogP contribution in [-0.2, 0) is 12.9 Å². The average Bonchev–Trinajstić information content (AvgIpc) is 3.02. The van der Waals surface area contributed by atoms with E-state index in [2.05, 4.69) is 4.90 Å². The number of hydrogen-bond acceptors (Lipinski definition) is 4. The lowest BCUT2D eigenvalue weighted by atomic mass is 9.85. The van der Waals surface area contributed by atoms with Crippen LogP contribution in [0.1, 0.15) is 58.5 Å². The van der Waals surface area contributed by atoms with Crippen molar-refractivity contribution in [2.24, 2.45) is 11.8 Å². The monoisotopic (exact) mass is 392 g/mol. The van der Waals surface area contributed by atoms with Gasteiger partial charge in [0.2, 0.25) is 0 Å². The van der Waals surface area contributed by atoms with Crippen molar-refractivity contribution in [1.82, 2.24) is 4.90 Å². The molecular formula is C24H29NO3. The van der Waals surface area contributed by atoms with Crippen LogP contribution in [0.3, 0.4) is 0 Å². The van der Waals surface area contributed by atoms with Gasteiger partial charge in [0.05, 0.1) is 25.0 Å². The van der Waals surface area contributed by atoms with Crippen LogP contribution in [0.2, 0.25) is 0 Å². The summed E-state index contributed by atoms with van der Waals surface area (Å²) >= 11 is 0. The minimum Gasteiger partial charge on any atom is -0.493 e. The molecule has 1 aliphatic heterocycles. The molecule has 1 atom stereocenters. The molecule has 1 fully saturated rings. The summed E-state index contributed by atoms with van der Waals surface area (Å²) in [5.74, 6) is -7.80. The molecule has 1 heterocycles. The van der Waals surface area contributed by atoms with E-state index in [1.165, 1.54) is 0 Å². The Morgan fingerprint density at radius 2 is 1.93 bits per heavy atom. The maximum Gasteiger partial charge on any atom is 0.166 e. The number of ketones is 1. The zero-order valence-electron chi connectivity index (χ0n) is 28.2. The van der Waals surface area contributed by atoms with Crippen LogP contribution in [0.15, 0.2) is 42.4 Å². The molecular weight excluding hydrogens is 350 g/mol. The number of Topliss-reactive ketones (excluding diaryl/α,β-unsaturated/α-hetero) is 1. The SMILES string of the molecule is [2H]c1c(OC([2H])([2H])[2H])c(OC([2H])([2H])[2H])c([2H])c2c1C(=O)C([2H])(C([2H])([2H])C1CCN(Cc3ccccc3)CC1)C2([2H])[2H]. The average molecular weight is 393 g/mol. The number of hydrogen-bond donors (Lipinski definition) is 0. The van der Waals surface area contributed by atoms with E-state index < -0.39 is 79.1 Å². The van der Waals surface area contributed by atoms with Crippen molar-refractivity contribution in [1.29, 1.82) is 0 Å². The molecule has 0 saturated carbocycles. The van der Waals surface area contributed by atoms with E-state index in [9.17, 15) is 4.79 Å². The van der Waals surface area contributed by atoms with E-state index in [0.29, 0.717) is 19.6 Å². The summed E-state index contributed by atoms with van der Waals surface area (Å²) in [5, 5.41) is 0. The minimum absolute atomic E-state index is 0.197. The summed E-state index contributed by atoms with van der Waals surface area (Å²) < 4.78 is 115. The lowest BCUT2D eigenvalue weighted by Gasteiger charge is -2.32. The van der Waals surface area contributed by atoms with Gasteiger partial charge in [0, 0.05) is 24.9 Å². The molecule has 1 aliphatic carbocycles. The lowest BCUT2D eigenvalue weighted by molar-refractivity contribution is 0.0895. The molecule has 4 heteroatoms. The van der Waals surface area contributed by atoms with Gasteiger partial charge in [0.15, 0.2) is 17.3 Å². The Labute approximate surface area is 185 Å². The smallest absolute Gasteiger partial charge is 0.166 e. The van der Waals surface area contributed by atoms with E-state index in [1.807, 2.05) is 30.3 Å². The van der Waals surface area contributed by atoms with Crippen LogP contribution < -0.4 is 9.47 Å². The number of likely N-dealkylation sites (tertiary alicyclic amines) is 1. The van der Waals surface area contributed by atoms with Gasteiger partial charge in [-0.05, 0) is 67.8 Å². The molecule has 0 amide bonds. The van der Waals surface area contributed by atoms with Crippen LogP contribution in [-0.4, -0.2) is 37.8 Å². The number of nitrogens with zero attached hydrogens (tertiary/aromatic N) is 1. The number of piperidine rings is 1. The molecule has 4 nitrogen and oxygen atoms in total. The van der Waals surface area contributed by atoms with Crippen LogP contribution in [0.25, 0.3) is 0 Å². The fourth-order valence-electron chi connectivity index (χ4n) is 3.56. The van der Waals surface area contributed by atoms with Crippen LogP contribution in [0.5, 0.6) is 11.5 Å². The van der Waals surface area contributed by atoms with Gasteiger partial charge in [0.1, 0.15) is 0 Å². The van der Waals surface area contributed by atoms with E-state index in [4.69, 9.17) is 27.3 Å². The molecule has 4 rings (SSSR count). The molecule has 0 N–H and O–H groups in total. The van der Waals surface area contributed by atoms with Crippen molar-refractivity contribution in [3.63, 3.8) is 0 Å². The zero-order chi connectivity index (χ0) is 30.8. The summed E-state index contributed by atoms with van der Waals surface area (Å²) in [6.45, 7) is 1.44. The Balaban J connectivity index is 1.75. The van der Waals surface area contributed by atoms with E-state index in [-0.39, 0.29) is 12.8 Å². The highest BCUT2D eigenvalue weighted by molar-refractivity contribution is 6.02. The first kappa shape index (κ1) is 9.00. The Hall–Kier alpha value is -2.33. The van der Waals surface area contributed by atoms with Crippen LogP contribution in [0, 0.1) is 11.8 Å². The normalized spacial score (nSPS) is 32.9. The zero-order valence-corrected chi connectivity index (χ0v) is 15.2. The van der Waals surface area contributed by atoms with Crippen LogP contribution in [0.4, 0.5) is 0 Å². The largest absolute Gasteiger partial charge is 0.493 e. The van der Waals surface area contributed by atoms with Gasteiger partial charge in [0.25, 0.3) is 0 Å². The molecule has 2 aliphatic rings. The van der Waals surface area contributed by atoms with Crippen molar-refractivity contribution in [3.05, 3.63) is 59.1 Å². The van der Waals surface area contributed by atoms with Crippen molar-refractivity contribution in [3.8, 4) is 11.5 Å². The van der Waals surface area contributed by atoms with Crippen molar-refractivity contribution >= 4 is 5.78 Å². The third-order valence-corrected chi connectivity index (χ3v) is 5.03. The second-order valence-electron chi connectivity index (χ2n) is 6.87. The fraction of sp³-hybridized carbons (Fsp3) is 0.458. The molecule has 1 unspecified atom stereocenters. The molecule has 28 heavy (non-hydrogen) atoms. The van der Waals surface area contributed by atoms with Gasteiger partial charge in [-0.3, -0.25) is 9.69 Å². The predicted octanol–water partition coefficient (Wildman–Crippen LogP) is 4.36. The topological polar surface area (TPSA) is 38.8 Å². The Kier molecular flexibility index (Phi) is 2.69. The minimum atomic E-state index is -3.28. The van der Waals surface area contributed by atoms with Gasteiger partial charge < -0.3 is 9.47 Å². The third kappa shape index (κ3) is 3.93. The molecule has 148 valence electrons. The first-order chi connectivity index (χ1) is 18.7. The molecule has 0 radical (unpaired) electrons. The molecule has 2 aromatic carbocycles. The summed E-state index contributed by atoms with van der Waals surface area (Å²) in [4.78, 5) is 15.9. The van der Waals surface area contributed by atoms with E-state index in [0.717, 1.165) is 5.56 Å². The number of fused-ring (bicyclic) bond motifs is 1. The second-order valence-corrected chi connectivity index (χ2v) is 6.87. The highest BCUT2D eigenvalue weighted by Gasteiger charge is 2.34. The van der Waals surface area contributed by atoms with Gasteiger partial charge in [-0.1, -0.05) is 30.3 Å². The van der Waals surface area contributed by atoms with Crippen LogP contribution >= 0.6 is 0 Å². The van der Waals surface area contributed by atoms with Gasteiger partial charge in [-0.15, -0.1) is 0 Å². The number of methoxy groups -OCH3 is 2. The number of carbonyl (C=O) groups excluding carboxylic acids is 1. The predicted molar refractivity (Wildman–Crippen MR) is 110 cm³/mol.